The number of carbonyl (C=O) groups is 2. The summed E-state index contributed by atoms with van der Waals surface area (Å²) in [6, 6.07) is 2.35. The molecule has 0 atom stereocenters. The lowest BCUT2D eigenvalue weighted by molar-refractivity contribution is -0.141. The summed E-state index contributed by atoms with van der Waals surface area (Å²) in [6.07, 6.45) is 0. The van der Waals surface area contributed by atoms with Crippen LogP contribution in [0.25, 0.3) is 0 Å². The van der Waals surface area contributed by atoms with Crippen molar-refractivity contribution in [3.05, 3.63) is 17.0 Å². The summed E-state index contributed by atoms with van der Waals surface area (Å²) in [5.41, 5.74) is 0. The lowest BCUT2D eigenvalue weighted by atomic mass is 10.5. The number of nitrogens with one attached hydrogen (secondary N) is 1. The van der Waals surface area contributed by atoms with Crippen molar-refractivity contribution in [2.45, 2.75) is 11.1 Å². The van der Waals surface area contributed by atoms with Crippen molar-refractivity contribution in [2.75, 3.05) is 13.2 Å². The summed E-state index contributed by atoms with van der Waals surface area (Å²) in [7, 11) is -3.88. The van der Waals surface area contributed by atoms with Gasteiger partial charge in [0.2, 0.25) is 0 Å². The number of esters is 1. The van der Waals surface area contributed by atoms with Crippen molar-refractivity contribution in [1.29, 1.82) is 0 Å². The molecule has 1 aromatic heterocycles. The van der Waals surface area contributed by atoms with Crippen LogP contribution in [-0.2, 0) is 19.6 Å². The van der Waals surface area contributed by atoms with Crippen LogP contribution < -0.4 is 4.72 Å². The average molecular weight is 293 g/mol. The summed E-state index contributed by atoms with van der Waals surface area (Å²) < 4.78 is 29.8. The number of hydrogen-bond donors (Lipinski definition) is 2. The molecule has 1 heterocycles. The number of carboxylic acids is 1. The van der Waals surface area contributed by atoms with Gasteiger partial charge in [0.25, 0.3) is 10.0 Å². The number of rotatable bonds is 6. The van der Waals surface area contributed by atoms with Crippen LogP contribution in [0.2, 0.25) is 0 Å². The van der Waals surface area contributed by atoms with E-state index in [1.54, 1.807) is 6.92 Å². The first-order valence-electron chi connectivity index (χ1n) is 4.85. The maximum absolute atomic E-state index is 11.7. The zero-order valence-corrected chi connectivity index (χ0v) is 11.0. The molecule has 0 aromatic carbocycles. The van der Waals surface area contributed by atoms with Gasteiger partial charge in [-0.2, -0.15) is 4.72 Å². The Labute approximate surface area is 107 Å². The Morgan fingerprint density at radius 2 is 2.11 bits per heavy atom. The number of carbonyl (C=O) groups excluding carboxylic acids is 1. The molecule has 0 spiro atoms. The molecule has 0 fully saturated rings. The van der Waals surface area contributed by atoms with Gasteiger partial charge in [0, 0.05) is 0 Å². The molecule has 7 nitrogen and oxygen atoms in total. The molecule has 9 heteroatoms. The Bertz CT molecular complexity index is 547. The molecule has 1 aromatic rings. The fourth-order valence-electron chi connectivity index (χ4n) is 1.02. The molecular weight excluding hydrogens is 282 g/mol. The molecule has 0 radical (unpaired) electrons. The smallest absolute Gasteiger partial charge is 0.345 e. The van der Waals surface area contributed by atoms with Gasteiger partial charge in [-0.05, 0) is 19.1 Å². The van der Waals surface area contributed by atoms with Crippen molar-refractivity contribution in [1.82, 2.24) is 4.72 Å². The molecule has 2 N–H and O–H groups in total. The normalized spacial score (nSPS) is 11.2. The summed E-state index contributed by atoms with van der Waals surface area (Å²) in [5.74, 6) is -1.90. The van der Waals surface area contributed by atoms with E-state index in [0.717, 1.165) is 0 Å². The number of hydrogen-bond acceptors (Lipinski definition) is 6. The van der Waals surface area contributed by atoms with Crippen LogP contribution in [-0.4, -0.2) is 38.6 Å². The minimum absolute atomic E-state index is 0.0912. The van der Waals surface area contributed by atoms with Crippen LogP contribution >= 0.6 is 11.3 Å². The first kappa shape index (κ1) is 14.6. The van der Waals surface area contributed by atoms with Crippen LogP contribution in [0.1, 0.15) is 16.6 Å². The second-order valence-corrected chi connectivity index (χ2v) is 6.13. The highest BCUT2D eigenvalue weighted by Gasteiger charge is 2.19. The largest absolute Gasteiger partial charge is 0.477 e. The highest BCUT2D eigenvalue weighted by atomic mass is 32.2. The van der Waals surface area contributed by atoms with Gasteiger partial charge in [0.15, 0.2) is 0 Å². The molecule has 0 saturated heterocycles. The molecule has 1 rings (SSSR count). The summed E-state index contributed by atoms with van der Waals surface area (Å²) in [4.78, 5) is 21.5. The molecule has 18 heavy (non-hydrogen) atoms. The van der Waals surface area contributed by atoms with Crippen molar-refractivity contribution < 1.29 is 27.9 Å². The predicted molar refractivity (Wildman–Crippen MR) is 63.1 cm³/mol. The third-order valence-electron chi connectivity index (χ3n) is 1.77. The fourth-order valence-corrected chi connectivity index (χ4v) is 3.18. The fraction of sp³-hybridized carbons (Fsp3) is 0.333. The molecule has 0 bridgehead atoms. The Kier molecular flexibility index (Phi) is 4.82. The minimum Gasteiger partial charge on any atom is -0.477 e. The monoisotopic (exact) mass is 293 g/mol. The average Bonchev–Trinajstić information content (AvgIpc) is 2.77. The van der Waals surface area contributed by atoms with Gasteiger partial charge in [0.1, 0.15) is 15.6 Å². The number of carboxylic acid groups (broad SMARTS) is 1. The third-order valence-corrected chi connectivity index (χ3v) is 4.74. The summed E-state index contributed by atoms with van der Waals surface area (Å²) >= 11 is 0.611. The van der Waals surface area contributed by atoms with Crippen molar-refractivity contribution >= 4 is 33.3 Å². The van der Waals surface area contributed by atoms with E-state index in [1.165, 1.54) is 12.1 Å². The van der Waals surface area contributed by atoms with Crippen molar-refractivity contribution in [2.24, 2.45) is 0 Å². The lowest BCUT2D eigenvalue weighted by Gasteiger charge is -2.04. The lowest BCUT2D eigenvalue weighted by Crippen LogP contribution is -2.30. The SMILES string of the molecule is CCOC(=O)CNS(=O)(=O)c1ccc(C(=O)O)s1. The van der Waals surface area contributed by atoms with Crippen molar-refractivity contribution in [3.8, 4) is 0 Å². The van der Waals surface area contributed by atoms with Crippen LogP contribution in [0.5, 0.6) is 0 Å². The third kappa shape index (κ3) is 3.79. The minimum atomic E-state index is -3.88. The molecule has 0 amide bonds. The molecule has 100 valence electrons. The van der Waals surface area contributed by atoms with Crippen LogP contribution in [0.3, 0.4) is 0 Å². The quantitative estimate of drug-likeness (QED) is 0.729. The first-order valence-corrected chi connectivity index (χ1v) is 7.15. The molecule has 0 aliphatic carbocycles. The van der Waals surface area contributed by atoms with Gasteiger partial charge in [-0.3, -0.25) is 4.79 Å². The Balaban J connectivity index is 2.74. The Hall–Kier alpha value is -1.45. The number of sulfonamides is 1. The predicted octanol–water partition coefficient (Wildman–Crippen LogP) is 0.288. The second-order valence-electron chi connectivity index (χ2n) is 3.05. The zero-order chi connectivity index (χ0) is 13.8. The topological polar surface area (TPSA) is 110 Å². The number of thiophene rings is 1. The van der Waals surface area contributed by atoms with Crippen LogP contribution in [0, 0.1) is 0 Å². The highest BCUT2D eigenvalue weighted by Crippen LogP contribution is 2.21. The molecular formula is C9H11NO6S2. The highest BCUT2D eigenvalue weighted by molar-refractivity contribution is 7.91. The molecule has 0 aliphatic heterocycles. The van der Waals surface area contributed by atoms with E-state index >= 15 is 0 Å². The van der Waals surface area contributed by atoms with E-state index in [-0.39, 0.29) is 15.7 Å². The van der Waals surface area contributed by atoms with E-state index in [1.807, 2.05) is 4.72 Å². The molecule has 0 unspecified atom stereocenters. The van der Waals surface area contributed by atoms with Gasteiger partial charge < -0.3 is 9.84 Å². The number of aromatic carboxylic acids is 1. The van der Waals surface area contributed by atoms with Gasteiger partial charge in [-0.25, -0.2) is 13.2 Å². The summed E-state index contributed by atoms with van der Waals surface area (Å²) in [6.45, 7) is 1.27. The summed E-state index contributed by atoms with van der Waals surface area (Å²) in [5, 5.41) is 8.67. The van der Waals surface area contributed by atoms with Crippen LogP contribution in [0.4, 0.5) is 0 Å². The van der Waals surface area contributed by atoms with Gasteiger partial charge in [-0.15, -0.1) is 11.3 Å². The standard InChI is InChI=1S/C9H11NO6S2/c1-2-16-7(11)5-10-18(14,15)8-4-3-6(17-8)9(12)13/h3-4,10H,2,5H2,1H3,(H,12,13). The maximum Gasteiger partial charge on any atom is 0.345 e. The Morgan fingerprint density at radius 1 is 1.44 bits per heavy atom. The maximum atomic E-state index is 11.7. The second kappa shape index (κ2) is 5.94. The van der Waals surface area contributed by atoms with Crippen molar-refractivity contribution in [3.63, 3.8) is 0 Å². The first-order chi connectivity index (χ1) is 8.36. The van der Waals surface area contributed by atoms with Gasteiger partial charge in [-0.1, -0.05) is 0 Å². The van der Waals surface area contributed by atoms with Gasteiger partial charge >= 0.3 is 11.9 Å². The van der Waals surface area contributed by atoms with Gasteiger partial charge in [0.05, 0.1) is 6.61 Å². The van der Waals surface area contributed by atoms with E-state index in [0.29, 0.717) is 11.3 Å². The molecule has 0 saturated carbocycles. The molecule has 0 aliphatic rings. The Morgan fingerprint density at radius 3 is 2.61 bits per heavy atom. The van der Waals surface area contributed by atoms with E-state index in [9.17, 15) is 18.0 Å². The number of ether oxygens (including phenoxy) is 1. The zero-order valence-electron chi connectivity index (χ0n) is 9.37. The van der Waals surface area contributed by atoms with E-state index in [4.69, 9.17) is 5.11 Å². The van der Waals surface area contributed by atoms with E-state index in [2.05, 4.69) is 4.74 Å². The van der Waals surface area contributed by atoms with Crippen LogP contribution in [0.15, 0.2) is 16.3 Å². The van der Waals surface area contributed by atoms with E-state index < -0.39 is 28.5 Å².